The van der Waals surface area contributed by atoms with Gasteiger partial charge in [0.15, 0.2) is 0 Å². The molecule has 0 aliphatic rings. The zero-order valence-corrected chi connectivity index (χ0v) is 9.83. The third-order valence-corrected chi connectivity index (χ3v) is 2.58. The van der Waals surface area contributed by atoms with Crippen molar-refractivity contribution in [2.24, 2.45) is 0 Å². The molecule has 0 aromatic heterocycles. The topological polar surface area (TPSA) is 9.23 Å². The van der Waals surface area contributed by atoms with Crippen LogP contribution in [0.1, 0.15) is 46.0 Å². The molecule has 0 aliphatic carbocycles. The van der Waals surface area contributed by atoms with Gasteiger partial charge in [-0.2, -0.15) is 0 Å². The lowest BCUT2D eigenvalue weighted by Gasteiger charge is -2.17. The van der Waals surface area contributed by atoms with Crippen molar-refractivity contribution in [2.75, 3.05) is 0 Å². The van der Waals surface area contributed by atoms with E-state index in [0.29, 0.717) is 6.10 Å². The van der Waals surface area contributed by atoms with Crippen LogP contribution in [0.4, 0.5) is 0 Å². The summed E-state index contributed by atoms with van der Waals surface area (Å²) in [5.74, 6) is 0.970. The van der Waals surface area contributed by atoms with E-state index >= 15 is 0 Å². The second kappa shape index (κ2) is 7.33. The minimum absolute atomic E-state index is 0.374. The van der Waals surface area contributed by atoms with Gasteiger partial charge in [-0.15, -0.1) is 0 Å². The molecule has 1 nitrogen and oxygen atoms in total. The van der Waals surface area contributed by atoms with Gasteiger partial charge in [-0.1, -0.05) is 38.8 Å². The molecule has 0 saturated carbocycles. The highest BCUT2D eigenvalue weighted by molar-refractivity contribution is 5.20. The summed E-state index contributed by atoms with van der Waals surface area (Å²) in [6.45, 7) is 4.42. The molecule has 1 rings (SSSR count). The van der Waals surface area contributed by atoms with Crippen LogP contribution in [0.3, 0.4) is 0 Å². The van der Waals surface area contributed by atoms with Crippen molar-refractivity contribution in [1.29, 1.82) is 0 Å². The fourth-order valence-electron chi connectivity index (χ4n) is 1.61. The van der Waals surface area contributed by atoms with Crippen LogP contribution >= 0.6 is 0 Å². The molecule has 0 aliphatic heterocycles. The molecule has 0 heterocycles. The summed E-state index contributed by atoms with van der Waals surface area (Å²) in [5.41, 5.74) is 0. The van der Waals surface area contributed by atoms with E-state index in [1.807, 2.05) is 24.3 Å². The second-order valence-corrected chi connectivity index (χ2v) is 3.88. The minimum Gasteiger partial charge on any atom is -0.490 e. The van der Waals surface area contributed by atoms with Gasteiger partial charge in [0.1, 0.15) is 5.75 Å². The molecule has 1 aromatic rings. The summed E-state index contributed by atoms with van der Waals surface area (Å²) in [7, 11) is 0. The second-order valence-electron chi connectivity index (χ2n) is 3.88. The monoisotopic (exact) mass is 205 g/mol. The van der Waals surface area contributed by atoms with Gasteiger partial charge < -0.3 is 4.74 Å². The number of benzene rings is 1. The molecule has 1 heteroatoms. The SMILES string of the molecule is CCCCCC(CC)Oc1cc[c]cc1. The van der Waals surface area contributed by atoms with Gasteiger partial charge >= 0.3 is 0 Å². The van der Waals surface area contributed by atoms with Gasteiger partial charge in [0.25, 0.3) is 0 Å². The van der Waals surface area contributed by atoms with Crippen molar-refractivity contribution in [3.8, 4) is 5.75 Å². The average molecular weight is 205 g/mol. The third-order valence-electron chi connectivity index (χ3n) is 2.58. The van der Waals surface area contributed by atoms with Crippen molar-refractivity contribution < 1.29 is 4.74 Å². The van der Waals surface area contributed by atoms with Crippen molar-refractivity contribution in [3.63, 3.8) is 0 Å². The molecule has 0 amide bonds. The first kappa shape index (κ1) is 12.1. The Balaban J connectivity index is 2.33. The highest BCUT2D eigenvalue weighted by atomic mass is 16.5. The van der Waals surface area contributed by atoms with Gasteiger partial charge in [-0.3, -0.25) is 0 Å². The molecule has 15 heavy (non-hydrogen) atoms. The Morgan fingerprint density at radius 2 is 1.93 bits per heavy atom. The van der Waals surface area contributed by atoms with Crippen LogP contribution in [0, 0.1) is 6.07 Å². The van der Waals surface area contributed by atoms with E-state index in [1.54, 1.807) is 0 Å². The van der Waals surface area contributed by atoms with Crippen LogP contribution < -0.4 is 4.74 Å². The first-order valence-corrected chi connectivity index (χ1v) is 5.99. The molecular formula is C14H21O. The van der Waals surface area contributed by atoms with Gasteiger partial charge in [0.05, 0.1) is 6.10 Å². The maximum absolute atomic E-state index is 5.89. The van der Waals surface area contributed by atoms with Crippen LogP contribution in [-0.4, -0.2) is 6.10 Å². The fourth-order valence-corrected chi connectivity index (χ4v) is 1.61. The predicted molar refractivity (Wildman–Crippen MR) is 64.1 cm³/mol. The smallest absolute Gasteiger partial charge is 0.119 e. The average Bonchev–Trinajstić information content (AvgIpc) is 2.29. The van der Waals surface area contributed by atoms with Crippen LogP contribution in [0.5, 0.6) is 5.75 Å². The standard InChI is InChI=1S/C14H21O/c1-3-5-7-10-13(4-2)15-14-11-8-6-9-12-14/h8-9,11-13H,3-5,7,10H2,1-2H3. The Morgan fingerprint density at radius 3 is 2.53 bits per heavy atom. The molecule has 1 aromatic carbocycles. The summed E-state index contributed by atoms with van der Waals surface area (Å²) < 4.78 is 5.89. The van der Waals surface area contributed by atoms with Crippen molar-refractivity contribution >= 4 is 0 Å². The van der Waals surface area contributed by atoms with Crippen molar-refractivity contribution in [1.82, 2.24) is 0 Å². The lowest BCUT2D eigenvalue weighted by Crippen LogP contribution is -2.15. The Hall–Kier alpha value is -0.980. The maximum atomic E-state index is 5.89. The van der Waals surface area contributed by atoms with Gasteiger partial charge in [-0.25, -0.2) is 0 Å². The summed E-state index contributed by atoms with van der Waals surface area (Å²) in [6.07, 6.45) is 6.48. The van der Waals surface area contributed by atoms with E-state index in [9.17, 15) is 0 Å². The molecule has 0 fully saturated rings. The first-order valence-electron chi connectivity index (χ1n) is 5.99. The Morgan fingerprint density at radius 1 is 1.20 bits per heavy atom. The maximum Gasteiger partial charge on any atom is 0.119 e. The van der Waals surface area contributed by atoms with Crippen LogP contribution in [0.25, 0.3) is 0 Å². The molecular weight excluding hydrogens is 184 g/mol. The van der Waals surface area contributed by atoms with Gasteiger partial charge in [-0.05, 0) is 37.5 Å². The largest absolute Gasteiger partial charge is 0.490 e. The summed E-state index contributed by atoms with van der Waals surface area (Å²) >= 11 is 0. The molecule has 0 spiro atoms. The quantitative estimate of drug-likeness (QED) is 0.605. The number of ether oxygens (including phenoxy) is 1. The molecule has 0 bridgehead atoms. The molecule has 1 atom stereocenters. The number of unbranched alkanes of at least 4 members (excludes halogenated alkanes) is 2. The van der Waals surface area contributed by atoms with E-state index in [0.717, 1.165) is 12.2 Å². The third kappa shape index (κ3) is 4.87. The van der Waals surface area contributed by atoms with E-state index in [1.165, 1.54) is 25.7 Å². The minimum atomic E-state index is 0.374. The van der Waals surface area contributed by atoms with E-state index < -0.39 is 0 Å². The van der Waals surface area contributed by atoms with Gasteiger partial charge in [0, 0.05) is 0 Å². The fraction of sp³-hybridized carbons (Fsp3) is 0.571. The van der Waals surface area contributed by atoms with Crippen molar-refractivity contribution in [3.05, 3.63) is 30.3 Å². The molecule has 0 N–H and O–H groups in total. The first-order chi connectivity index (χ1) is 7.36. The van der Waals surface area contributed by atoms with Crippen LogP contribution in [-0.2, 0) is 0 Å². The summed E-state index contributed by atoms with van der Waals surface area (Å²) in [6, 6.07) is 10.7. The highest BCUT2D eigenvalue weighted by Gasteiger charge is 2.06. The predicted octanol–water partition coefficient (Wildman–Crippen LogP) is 4.22. The zero-order valence-electron chi connectivity index (χ0n) is 9.83. The molecule has 1 radical (unpaired) electrons. The molecule has 83 valence electrons. The number of hydrogen-bond donors (Lipinski definition) is 0. The summed E-state index contributed by atoms with van der Waals surface area (Å²) in [4.78, 5) is 0. The lowest BCUT2D eigenvalue weighted by atomic mass is 10.1. The number of hydrogen-bond acceptors (Lipinski definition) is 1. The van der Waals surface area contributed by atoms with E-state index in [2.05, 4.69) is 19.9 Å². The molecule has 0 saturated heterocycles. The number of rotatable bonds is 7. The highest BCUT2D eigenvalue weighted by Crippen LogP contribution is 2.16. The van der Waals surface area contributed by atoms with E-state index in [4.69, 9.17) is 4.74 Å². The van der Waals surface area contributed by atoms with Crippen LogP contribution in [0.2, 0.25) is 0 Å². The zero-order chi connectivity index (χ0) is 10.9. The van der Waals surface area contributed by atoms with Gasteiger partial charge in [0.2, 0.25) is 0 Å². The summed E-state index contributed by atoms with van der Waals surface area (Å²) in [5, 5.41) is 0. The lowest BCUT2D eigenvalue weighted by molar-refractivity contribution is 0.183. The van der Waals surface area contributed by atoms with Crippen LogP contribution in [0.15, 0.2) is 24.3 Å². The Labute approximate surface area is 93.5 Å². The normalized spacial score (nSPS) is 12.4. The molecule has 1 unspecified atom stereocenters. The van der Waals surface area contributed by atoms with E-state index in [-0.39, 0.29) is 0 Å². The Kier molecular flexibility index (Phi) is 5.91. The Bertz CT molecular complexity index is 243. The van der Waals surface area contributed by atoms with Crippen molar-refractivity contribution in [2.45, 2.75) is 52.1 Å².